The van der Waals surface area contributed by atoms with Gasteiger partial charge in [0.2, 0.25) is 0 Å². The molecule has 21 heavy (non-hydrogen) atoms. The Morgan fingerprint density at radius 3 is 2.67 bits per heavy atom. The molecule has 0 saturated carbocycles. The van der Waals surface area contributed by atoms with E-state index in [0.717, 1.165) is 0 Å². The smallest absolute Gasteiger partial charge is 0.310 e. The lowest BCUT2D eigenvalue weighted by molar-refractivity contribution is -0.384. The van der Waals surface area contributed by atoms with Crippen LogP contribution in [0.15, 0.2) is 42.6 Å². The normalized spacial score (nSPS) is 10.1. The largest absolute Gasteiger partial charge is 0.466 e. The van der Waals surface area contributed by atoms with Crippen molar-refractivity contribution in [2.75, 3.05) is 6.61 Å². The number of carbonyl (C=O) groups excluding carboxylic acids is 1. The zero-order chi connectivity index (χ0) is 15.2. The fourth-order valence-electron chi connectivity index (χ4n) is 1.93. The Labute approximate surface area is 121 Å². The molecule has 1 aromatic heterocycles. The lowest BCUT2D eigenvalue weighted by Gasteiger charge is -2.05. The predicted octanol–water partition coefficient (Wildman–Crippen LogP) is 2.76. The summed E-state index contributed by atoms with van der Waals surface area (Å²) < 4.78 is 4.82. The lowest BCUT2D eigenvalue weighted by atomic mass is 10.1. The van der Waals surface area contributed by atoms with E-state index in [1.165, 1.54) is 12.3 Å². The molecule has 0 aliphatic heterocycles. The number of rotatable bonds is 5. The molecular weight excluding hydrogens is 272 g/mol. The maximum atomic E-state index is 11.4. The number of esters is 1. The summed E-state index contributed by atoms with van der Waals surface area (Å²) in [5.41, 5.74) is 1.28. The molecule has 0 amide bonds. The van der Waals surface area contributed by atoms with Crippen LogP contribution in [-0.2, 0) is 16.0 Å². The van der Waals surface area contributed by atoms with Crippen LogP contribution in [-0.4, -0.2) is 22.5 Å². The molecule has 6 nitrogen and oxygen atoms in total. The number of hydrogen-bond donors (Lipinski definition) is 0. The van der Waals surface area contributed by atoms with Gasteiger partial charge in [-0.2, -0.15) is 0 Å². The number of nitrogens with zero attached hydrogens (tertiary/aromatic N) is 2. The topological polar surface area (TPSA) is 82.3 Å². The predicted molar refractivity (Wildman–Crippen MR) is 76.7 cm³/mol. The van der Waals surface area contributed by atoms with Gasteiger partial charge in [0, 0.05) is 17.8 Å². The quantitative estimate of drug-likeness (QED) is 0.479. The van der Waals surface area contributed by atoms with Crippen molar-refractivity contribution in [3.63, 3.8) is 0 Å². The zero-order valence-corrected chi connectivity index (χ0v) is 11.5. The molecule has 2 aromatic rings. The van der Waals surface area contributed by atoms with Crippen LogP contribution in [0.25, 0.3) is 11.3 Å². The minimum absolute atomic E-state index is 0.0310. The van der Waals surface area contributed by atoms with Crippen LogP contribution in [0, 0.1) is 10.1 Å². The summed E-state index contributed by atoms with van der Waals surface area (Å²) in [7, 11) is 0. The van der Waals surface area contributed by atoms with Crippen molar-refractivity contribution in [2.24, 2.45) is 0 Å². The third-order valence-electron chi connectivity index (χ3n) is 2.82. The second kappa shape index (κ2) is 6.60. The zero-order valence-electron chi connectivity index (χ0n) is 11.5. The molecule has 1 aromatic carbocycles. The summed E-state index contributed by atoms with van der Waals surface area (Å²) in [5, 5.41) is 11.2. The van der Waals surface area contributed by atoms with Gasteiger partial charge in [-0.1, -0.05) is 30.3 Å². The minimum Gasteiger partial charge on any atom is -0.466 e. The molecule has 0 radical (unpaired) electrons. The molecule has 0 aliphatic rings. The summed E-state index contributed by atoms with van der Waals surface area (Å²) in [6, 6.07) is 10.3. The van der Waals surface area contributed by atoms with Gasteiger partial charge in [0.1, 0.15) is 5.69 Å². The average Bonchev–Trinajstić information content (AvgIpc) is 2.48. The number of benzene rings is 1. The van der Waals surface area contributed by atoms with Crippen molar-refractivity contribution in [3.05, 3.63) is 58.3 Å². The number of hydrogen-bond acceptors (Lipinski definition) is 5. The van der Waals surface area contributed by atoms with Crippen LogP contribution in [0.3, 0.4) is 0 Å². The standard InChI is InChI=1S/C15H14N2O4/c1-2-21-14(18)9-11-8-13(17(19)20)15(16-10-11)12-6-4-3-5-7-12/h3-8,10H,2,9H2,1H3. The summed E-state index contributed by atoms with van der Waals surface area (Å²) in [6.45, 7) is 1.98. The molecule has 6 heteroatoms. The van der Waals surface area contributed by atoms with Crippen molar-refractivity contribution in [2.45, 2.75) is 13.3 Å². The van der Waals surface area contributed by atoms with Crippen LogP contribution in [0.4, 0.5) is 5.69 Å². The van der Waals surface area contributed by atoms with Crippen molar-refractivity contribution in [1.82, 2.24) is 4.98 Å². The molecule has 2 rings (SSSR count). The van der Waals surface area contributed by atoms with Crippen LogP contribution < -0.4 is 0 Å². The van der Waals surface area contributed by atoms with Crippen LogP contribution >= 0.6 is 0 Å². The van der Waals surface area contributed by atoms with Gasteiger partial charge in [0.05, 0.1) is 18.0 Å². The van der Waals surface area contributed by atoms with E-state index in [2.05, 4.69) is 4.98 Å². The highest BCUT2D eigenvalue weighted by Gasteiger charge is 2.18. The fourth-order valence-corrected chi connectivity index (χ4v) is 1.93. The highest BCUT2D eigenvalue weighted by atomic mass is 16.6. The highest BCUT2D eigenvalue weighted by molar-refractivity contribution is 5.74. The molecular formula is C15H14N2O4. The van der Waals surface area contributed by atoms with Gasteiger partial charge in [-0.3, -0.25) is 14.9 Å². The monoisotopic (exact) mass is 286 g/mol. The first-order valence-corrected chi connectivity index (χ1v) is 6.46. The Balaban J connectivity index is 2.36. The summed E-state index contributed by atoms with van der Waals surface area (Å²) in [5.74, 6) is -0.430. The van der Waals surface area contributed by atoms with E-state index in [4.69, 9.17) is 4.74 Å². The molecule has 0 bridgehead atoms. The number of aromatic nitrogens is 1. The summed E-state index contributed by atoms with van der Waals surface area (Å²) in [6.07, 6.45) is 1.43. The first-order chi connectivity index (χ1) is 10.1. The Kier molecular flexibility index (Phi) is 4.61. The fraction of sp³-hybridized carbons (Fsp3) is 0.200. The van der Waals surface area contributed by atoms with Crippen LogP contribution in [0.2, 0.25) is 0 Å². The Morgan fingerprint density at radius 1 is 1.33 bits per heavy atom. The lowest BCUT2D eigenvalue weighted by Crippen LogP contribution is -2.08. The molecule has 1 heterocycles. The van der Waals surface area contributed by atoms with E-state index < -0.39 is 10.9 Å². The van der Waals surface area contributed by atoms with E-state index in [1.807, 2.05) is 6.07 Å². The molecule has 0 spiro atoms. The third kappa shape index (κ3) is 3.62. The van der Waals surface area contributed by atoms with E-state index in [9.17, 15) is 14.9 Å². The minimum atomic E-state index is -0.496. The molecule has 0 N–H and O–H groups in total. The Bertz CT molecular complexity index is 656. The molecule has 0 saturated heterocycles. The van der Waals surface area contributed by atoms with Crippen molar-refractivity contribution in [1.29, 1.82) is 0 Å². The Morgan fingerprint density at radius 2 is 2.05 bits per heavy atom. The molecule has 0 atom stereocenters. The van der Waals surface area contributed by atoms with Gasteiger partial charge >= 0.3 is 5.97 Å². The van der Waals surface area contributed by atoms with Gasteiger partial charge < -0.3 is 4.74 Å². The first kappa shape index (κ1) is 14.6. The van der Waals surface area contributed by atoms with E-state index in [0.29, 0.717) is 11.1 Å². The number of ether oxygens (including phenoxy) is 1. The molecule has 0 aliphatic carbocycles. The number of nitro groups is 1. The molecule has 0 fully saturated rings. The second-order valence-electron chi connectivity index (χ2n) is 4.32. The number of pyridine rings is 1. The first-order valence-electron chi connectivity index (χ1n) is 6.46. The summed E-state index contributed by atoms with van der Waals surface area (Å²) >= 11 is 0. The van der Waals surface area contributed by atoms with Crippen molar-refractivity contribution in [3.8, 4) is 11.3 Å². The number of carbonyl (C=O) groups is 1. The maximum absolute atomic E-state index is 11.4. The SMILES string of the molecule is CCOC(=O)Cc1cnc(-c2ccccc2)c([N+](=O)[O-])c1. The third-order valence-corrected chi connectivity index (χ3v) is 2.82. The van der Waals surface area contributed by atoms with Crippen LogP contribution in [0.5, 0.6) is 0 Å². The van der Waals surface area contributed by atoms with E-state index in [1.54, 1.807) is 31.2 Å². The van der Waals surface area contributed by atoms with Gasteiger partial charge in [-0.25, -0.2) is 4.98 Å². The average molecular weight is 286 g/mol. The van der Waals surface area contributed by atoms with Gasteiger partial charge in [0.25, 0.3) is 5.69 Å². The van der Waals surface area contributed by atoms with E-state index in [-0.39, 0.29) is 24.4 Å². The van der Waals surface area contributed by atoms with Gasteiger partial charge in [0.15, 0.2) is 0 Å². The van der Waals surface area contributed by atoms with E-state index >= 15 is 0 Å². The highest BCUT2D eigenvalue weighted by Crippen LogP contribution is 2.28. The molecule has 0 unspecified atom stereocenters. The van der Waals surface area contributed by atoms with Crippen molar-refractivity contribution >= 4 is 11.7 Å². The van der Waals surface area contributed by atoms with Crippen LogP contribution in [0.1, 0.15) is 12.5 Å². The Hall–Kier alpha value is -2.76. The summed E-state index contributed by atoms with van der Waals surface area (Å²) in [4.78, 5) is 26.3. The molecule has 108 valence electrons. The van der Waals surface area contributed by atoms with Gasteiger partial charge in [-0.15, -0.1) is 0 Å². The second-order valence-corrected chi connectivity index (χ2v) is 4.32. The van der Waals surface area contributed by atoms with Crippen molar-refractivity contribution < 1.29 is 14.5 Å². The van der Waals surface area contributed by atoms with Gasteiger partial charge in [-0.05, 0) is 12.5 Å². The maximum Gasteiger partial charge on any atom is 0.310 e.